The molecule has 3 nitrogen and oxygen atoms in total. The molecule has 0 unspecified atom stereocenters. The van der Waals surface area contributed by atoms with Gasteiger partial charge in [-0.25, -0.2) is 4.98 Å². The van der Waals surface area contributed by atoms with Crippen LogP contribution in [0.25, 0.3) is 5.65 Å². The first-order valence-corrected chi connectivity index (χ1v) is 6.86. The van der Waals surface area contributed by atoms with Crippen LogP contribution in [0.5, 0.6) is 0 Å². The van der Waals surface area contributed by atoms with Crippen LogP contribution in [0.3, 0.4) is 0 Å². The summed E-state index contributed by atoms with van der Waals surface area (Å²) >= 11 is 3.57. The Labute approximate surface area is 110 Å². The van der Waals surface area contributed by atoms with E-state index in [4.69, 9.17) is 4.98 Å². The van der Waals surface area contributed by atoms with Gasteiger partial charge >= 0.3 is 0 Å². The highest BCUT2D eigenvalue weighted by atomic mass is 79.9. The summed E-state index contributed by atoms with van der Waals surface area (Å²) in [5, 5.41) is 0. The topological polar surface area (TPSA) is 20.5 Å². The first-order valence-electron chi connectivity index (χ1n) is 6.07. The van der Waals surface area contributed by atoms with Crippen LogP contribution in [0.2, 0.25) is 0 Å². The van der Waals surface area contributed by atoms with Crippen molar-refractivity contribution in [1.29, 1.82) is 0 Å². The van der Waals surface area contributed by atoms with Crippen LogP contribution in [-0.4, -0.2) is 27.4 Å². The molecule has 0 radical (unpaired) electrons. The van der Waals surface area contributed by atoms with Crippen LogP contribution in [-0.2, 0) is 13.0 Å². The monoisotopic (exact) mass is 293 g/mol. The number of fused-ring (bicyclic) bond motifs is 3. The zero-order chi connectivity index (χ0) is 12.0. The molecule has 2 aromatic heterocycles. The molecule has 90 valence electrons. The lowest BCUT2D eigenvalue weighted by Gasteiger charge is -2.24. The average Bonchev–Trinajstić information content (AvgIpc) is 2.67. The van der Waals surface area contributed by atoms with E-state index in [1.807, 2.05) is 0 Å². The van der Waals surface area contributed by atoms with E-state index in [1.165, 1.54) is 17.0 Å². The number of rotatable bonds is 1. The number of pyridine rings is 1. The molecule has 0 aromatic carbocycles. The lowest BCUT2D eigenvalue weighted by Crippen LogP contribution is -2.30. The molecule has 3 heterocycles. The molecule has 1 aliphatic heterocycles. The maximum absolute atomic E-state index is 4.78. The average molecular weight is 294 g/mol. The fraction of sp³-hybridized carbons (Fsp3) is 0.462. The smallest absolute Gasteiger partial charge is 0.140 e. The second kappa shape index (κ2) is 4.10. The molecule has 0 atom stereocenters. The van der Waals surface area contributed by atoms with E-state index in [9.17, 15) is 0 Å². The maximum Gasteiger partial charge on any atom is 0.140 e. The van der Waals surface area contributed by atoms with E-state index >= 15 is 0 Å². The van der Waals surface area contributed by atoms with Gasteiger partial charge in [-0.05, 0) is 41.0 Å². The van der Waals surface area contributed by atoms with Gasteiger partial charge in [-0.3, -0.25) is 4.90 Å². The Kier molecular flexibility index (Phi) is 2.71. The van der Waals surface area contributed by atoms with Gasteiger partial charge in [0.2, 0.25) is 0 Å². The number of halogens is 1. The molecule has 17 heavy (non-hydrogen) atoms. The molecule has 0 N–H and O–H groups in total. The Hall–Kier alpha value is -0.870. The van der Waals surface area contributed by atoms with Crippen LogP contribution in [0.15, 0.2) is 16.7 Å². The standard InChI is InChI=1S/C13H16BrN3/c1-3-16-5-4-11-12(8-16)17-7-10(14)6-9(2)13(17)15-11/h6-7H,3-5,8H2,1-2H3. The van der Waals surface area contributed by atoms with E-state index in [2.05, 4.69) is 51.3 Å². The summed E-state index contributed by atoms with van der Waals surface area (Å²) in [6, 6.07) is 2.13. The SMILES string of the molecule is CCN1CCc2nc3c(C)cc(Br)cn3c2C1. The van der Waals surface area contributed by atoms with Gasteiger partial charge in [-0.2, -0.15) is 0 Å². The Bertz CT molecular complexity index is 574. The van der Waals surface area contributed by atoms with Crippen molar-refractivity contribution in [3.63, 3.8) is 0 Å². The van der Waals surface area contributed by atoms with Crippen molar-refractivity contribution in [1.82, 2.24) is 14.3 Å². The van der Waals surface area contributed by atoms with Crippen molar-refractivity contribution < 1.29 is 0 Å². The molecular formula is C13H16BrN3. The molecule has 2 aromatic rings. The van der Waals surface area contributed by atoms with Crippen molar-refractivity contribution in [2.45, 2.75) is 26.8 Å². The lowest BCUT2D eigenvalue weighted by atomic mass is 10.1. The van der Waals surface area contributed by atoms with Gasteiger partial charge in [-0.1, -0.05) is 6.92 Å². The molecule has 0 spiro atoms. The van der Waals surface area contributed by atoms with E-state index < -0.39 is 0 Å². The van der Waals surface area contributed by atoms with E-state index in [1.54, 1.807) is 0 Å². The largest absolute Gasteiger partial charge is 0.301 e. The van der Waals surface area contributed by atoms with Crippen LogP contribution in [0, 0.1) is 6.92 Å². The molecule has 0 amide bonds. The minimum atomic E-state index is 1.02. The number of hydrogen-bond donors (Lipinski definition) is 0. The minimum Gasteiger partial charge on any atom is -0.301 e. The molecule has 3 rings (SSSR count). The van der Waals surface area contributed by atoms with E-state index in [0.29, 0.717) is 0 Å². The predicted octanol–water partition coefficient (Wildman–Crippen LogP) is 2.78. The van der Waals surface area contributed by atoms with E-state index in [-0.39, 0.29) is 0 Å². The van der Waals surface area contributed by atoms with Gasteiger partial charge in [0.1, 0.15) is 5.65 Å². The Morgan fingerprint density at radius 2 is 2.29 bits per heavy atom. The zero-order valence-corrected chi connectivity index (χ0v) is 11.8. The van der Waals surface area contributed by atoms with Crippen LogP contribution in [0.1, 0.15) is 23.9 Å². The summed E-state index contributed by atoms with van der Waals surface area (Å²) in [6.07, 6.45) is 3.20. The van der Waals surface area contributed by atoms with Crippen molar-refractivity contribution in [3.05, 3.63) is 33.7 Å². The van der Waals surface area contributed by atoms with Crippen LogP contribution in [0.4, 0.5) is 0 Å². The van der Waals surface area contributed by atoms with Gasteiger partial charge in [0.05, 0.1) is 11.4 Å². The molecule has 0 fully saturated rings. The second-order valence-electron chi connectivity index (χ2n) is 4.66. The number of aromatic nitrogens is 2. The first kappa shape index (κ1) is 11.2. The molecule has 0 aliphatic carbocycles. The Balaban J connectivity index is 2.20. The van der Waals surface area contributed by atoms with Crippen molar-refractivity contribution in [3.8, 4) is 0 Å². The third-order valence-electron chi connectivity index (χ3n) is 3.54. The summed E-state index contributed by atoms with van der Waals surface area (Å²) in [5.74, 6) is 0. The van der Waals surface area contributed by atoms with Crippen molar-refractivity contribution in [2.75, 3.05) is 13.1 Å². The van der Waals surface area contributed by atoms with Crippen LogP contribution >= 0.6 is 15.9 Å². The molecule has 0 saturated carbocycles. The number of imidazole rings is 1. The van der Waals surface area contributed by atoms with Gasteiger partial charge in [0.25, 0.3) is 0 Å². The fourth-order valence-corrected chi connectivity index (χ4v) is 3.10. The number of likely N-dealkylation sites (N-methyl/N-ethyl adjacent to an activating group) is 1. The predicted molar refractivity (Wildman–Crippen MR) is 72.3 cm³/mol. The quantitative estimate of drug-likeness (QED) is 0.806. The Morgan fingerprint density at radius 1 is 1.47 bits per heavy atom. The molecule has 1 aliphatic rings. The van der Waals surface area contributed by atoms with Gasteiger partial charge in [0.15, 0.2) is 0 Å². The van der Waals surface area contributed by atoms with Gasteiger partial charge in [0, 0.05) is 30.2 Å². The molecule has 4 heteroatoms. The summed E-state index contributed by atoms with van der Waals surface area (Å²) in [4.78, 5) is 7.24. The Morgan fingerprint density at radius 3 is 3.06 bits per heavy atom. The highest BCUT2D eigenvalue weighted by Gasteiger charge is 2.21. The maximum atomic E-state index is 4.78. The van der Waals surface area contributed by atoms with Crippen LogP contribution < -0.4 is 0 Å². The third kappa shape index (κ3) is 1.79. The molecular weight excluding hydrogens is 278 g/mol. The van der Waals surface area contributed by atoms with Crippen molar-refractivity contribution in [2.24, 2.45) is 0 Å². The molecule has 0 saturated heterocycles. The normalized spacial score (nSPS) is 16.4. The zero-order valence-electron chi connectivity index (χ0n) is 10.2. The van der Waals surface area contributed by atoms with E-state index in [0.717, 1.165) is 36.2 Å². The first-order chi connectivity index (χ1) is 8.19. The van der Waals surface area contributed by atoms with Crippen molar-refractivity contribution >= 4 is 21.6 Å². The third-order valence-corrected chi connectivity index (χ3v) is 3.97. The van der Waals surface area contributed by atoms with Gasteiger partial charge < -0.3 is 4.40 Å². The summed E-state index contributed by atoms with van der Waals surface area (Å²) in [5.41, 5.74) is 4.97. The highest BCUT2D eigenvalue weighted by Crippen LogP contribution is 2.24. The second-order valence-corrected chi connectivity index (χ2v) is 5.57. The number of aryl methyl sites for hydroxylation is 1. The highest BCUT2D eigenvalue weighted by molar-refractivity contribution is 9.10. The summed E-state index contributed by atoms with van der Waals surface area (Å²) < 4.78 is 3.37. The summed E-state index contributed by atoms with van der Waals surface area (Å²) in [7, 11) is 0. The van der Waals surface area contributed by atoms with Gasteiger partial charge in [-0.15, -0.1) is 0 Å². The summed E-state index contributed by atoms with van der Waals surface area (Å²) in [6.45, 7) is 7.60. The number of nitrogens with zero attached hydrogens (tertiary/aromatic N) is 3. The number of hydrogen-bond acceptors (Lipinski definition) is 2. The lowest BCUT2D eigenvalue weighted by molar-refractivity contribution is 0.262. The fourth-order valence-electron chi connectivity index (χ4n) is 2.55. The molecule has 0 bridgehead atoms. The minimum absolute atomic E-state index is 1.02.